The Bertz CT molecular complexity index is 1030. The fourth-order valence-corrected chi connectivity index (χ4v) is 2.60. The highest BCUT2D eigenvalue weighted by molar-refractivity contribution is 5.69. The van der Waals surface area contributed by atoms with E-state index in [9.17, 15) is 0 Å². The molecule has 0 aliphatic rings. The molecule has 1 aromatic carbocycles. The Morgan fingerprint density at radius 1 is 0.846 bits per heavy atom. The molecule has 6 nitrogen and oxygen atoms in total. The minimum absolute atomic E-state index is 0.423. The van der Waals surface area contributed by atoms with Crippen LogP contribution in [0.5, 0.6) is 5.88 Å². The molecular weight excluding hydrogens is 328 g/mol. The smallest absolute Gasteiger partial charge is 0.258 e. The van der Waals surface area contributed by atoms with E-state index in [-0.39, 0.29) is 0 Å². The molecular formula is C20H16N4O2. The van der Waals surface area contributed by atoms with Crippen LogP contribution >= 0.6 is 0 Å². The first kappa shape index (κ1) is 16.0. The molecule has 0 N–H and O–H groups in total. The highest BCUT2D eigenvalue weighted by atomic mass is 16.5. The SMILES string of the molecule is COc1nc(-c2ccc(C)cc2)ccc1-c1noc(-c2ccncc2)n1. The van der Waals surface area contributed by atoms with E-state index in [2.05, 4.69) is 39.2 Å². The lowest BCUT2D eigenvalue weighted by atomic mass is 10.1. The van der Waals surface area contributed by atoms with Gasteiger partial charge in [-0.15, -0.1) is 0 Å². The summed E-state index contributed by atoms with van der Waals surface area (Å²) in [5, 5.41) is 4.06. The summed E-state index contributed by atoms with van der Waals surface area (Å²) >= 11 is 0. The van der Waals surface area contributed by atoms with Crippen LogP contribution in [0.15, 0.2) is 65.4 Å². The zero-order valence-electron chi connectivity index (χ0n) is 14.4. The van der Waals surface area contributed by atoms with E-state index in [0.29, 0.717) is 23.2 Å². The van der Waals surface area contributed by atoms with E-state index in [4.69, 9.17) is 9.26 Å². The van der Waals surface area contributed by atoms with E-state index in [1.807, 2.05) is 36.4 Å². The van der Waals surface area contributed by atoms with Crippen molar-refractivity contribution in [3.05, 3.63) is 66.5 Å². The van der Waals surface area contributed by atoms with Crippen molar-refractivity contribution in [1.82, 2.24) is 20.1 Å². The first-order valence-electron chi connectivity index (χ1n) is 8.11. The number of hydrogen-bond acceptors (Lipinski definition) is 6. The second kappa shape index (κ2) is 6.76. The van der Waals surface area contributed by atoms with Crippen LogP contribution in [0.2, 0.25) is 0 Å². The first-order chi connectivity index (χ1) is 12.7. The van der Waals surface area contributed by atoms with Gasteiger partial charge in [-0.2, -0.15) is 4.98 Å². The monoisotopic (exact) mass is 344 g/mol. The molecule has 0 bridgehead atoms. The molecule has 0 saturated carbocycles. The molecule has 26 heavy (non-hydrogen) atoms. The predicted octanol–water partition coefficient (Wildman–Crippen LogP) is 4.18. The first-order valence-corrected chi connectivity index (χ1v) is 8.11. The van der Waals surface area contributed by atoms with Gasteiger partial charge in [-0.25, -0.2) is 4.98 Å². The number of ether oxygens (including phenoxy) is 1. The number of aromatic nitrogens is 4. The van der Waals surface area contributed by atoms with Gasteiger partial charge in [0.05, 0.1) is 18.4 Å². The quantitative estimate of drug-likeness (QED) is 0.553. The Balaban J connectivity index is 1.71. The Morgan fingerprint density at radius 3 is 2.35 bits per heavy atom. The summed E-state index contributed by atoms with van der Waals surface area (Å²) in [7, 11) is 1.58. The molecule has 4 aromatic rings. The van der Waals surface area contributed by atoms with Gasteiger partial charge in [0.25, 0.3) is 5.89 Å². The van der Waals surface area contributed by atoms with Gasteiger partial charge in [-0.3, -0.25) is 4.98 Å². The van der Waals surface area contributed by atoms with Crippen LogP contribution in [0.1, 0.15) is 5.56 Å². The van der Waals surface area contributed by atoms with Crippen LogP contribution in [0.25, 0.3) is 34.1 Å². The van der Waals surface area contributed by atoms with Crippen LogP contribution in [0, 0.1) is 6.92 Å². The standard InChI is InChI=1S/C20H16N4O2/c1-13-3-5-14(6-4-13)17-8-7-16(20(22-17)25-2)18-23-19(26-24-18)15-9-11-21-12-10-15/h3-12H,1-2H3. The maximum atomic E-state index is 5.46. The Kier molecular flexibility index (Phi) is 4.15. The Labute approximate surface area is 150 Å². The number of pyridine rings is 2. The van der Waals surface area contributed by atoms with Crippen LogP contribution in [0.3, 0.4) is 0 Å². The molecule has 0 unspecified atom stereocenters. The summed E-state index contributed by atoms with van der Waals surface area (Å²) in [6.45, 7) is 2.05. The van der Waals surface area contributed by atoms with Crippen molar-refractivity contribution in [2.45, 2.75) is 6.92 Å². The maximum Gasteiger partial charge on any atom is 0.258 e. The number of benzene rings is 1. The van der Waals surface area contributed by atoms with E-state index < -0.39 is 0 Å². The molecule has 0 saturated heterocycles. The summed E-state index contributed by atoms with van der Waals surface area (Å²) in [5.74, 6) is 1.30. The summed E-state index contributed by atoms with van der Waals surface area (Å²) in [4.78, 5) is 13.0. The van der Waals surface area contributed by atoms with Crippen molar-refractivity contribution in [3.8, 4) is 40.0 Å². The zero-order valence-corrected chi connectivity index (χ0v) is 14.4. The van der Waals surface area contributed by atoms with Gasteiger partial charge < -0.3 is 9.26 Å². The van der Waals surface area contributed by atoms with Crippen molar-refractivity contribution in [3.63, 3.8) is 0 Å². The third-order valence-corrected chi connectivity index (χ3v) is 4.00. The van der Waals surface area contributed by atoms with Gasteiger partial charge in [0.15, 0.2) is 0 Å². The number of nitrogens with zero attached hydrogens (tertiary/aromatic N) is 4. The van der Waals surface area contributed by atoms with Crippen molar-refractivity contribution in [1.29, 1.82) is 0 Å². The van der Waals surface area contributed by atoms with Crippen molar-refractivity contribution >= 4 is 0 Å². The van der Waals surface area contributed by atoms with E-state index in [0.717, 1.165) is 16.8 Å². The molecule has 0 amide bonds. The van der Waals surface area contributed by atoms with Gasteiger partial charge in [-0.05, 0) is 31.2 Å². The Morgan fingerprint density at radius 2 is 1.62 bits per heavy atom. The summed E-state index contributed by atoms with van der Waals surface area (Å²) in [6.07, 6.45) is 3.36. The largest absolute Gasteiger partial charge is 0.480 e. The summed E-state index contributed by atoms with van der Waals surface area (Å²) < 4.78 is 10.8. The molecule has 128 valence electrons. The van der Waals surface area contributed by atoms with Crippen molar-refractivity contribution in [2.75, 3.05) is 7.11 Å². The number of methoxy groups -OCH3 is 1. The molecule has 3 aromatic heterocycles. The molecule has 0 aliphatic heterocycles. The average molecular weight is 344 g/mol. The van der Waals surface area contributed by atoms with Gasteiger partial charge in [0, 0.05) is 23.5 Å². The van der Waals surface area contributed by atoms with Gasteiger partial charge in [-0.1, -0.05) is 35.0 Å². The third-order valence-electron chi connectivity index (χ3n) is 4.00. The Hall–Kier alpha value is -3.54. The highest BCUT2D eigenvalue weighted by Gasteiger charge is 2.16. The van der Waals surface area contributed by atoms with Gasteiger partial charge in [0.1, 0.15) is 0 Å². The lowest BCUT2D eigenvalue weighted by Crippen LogP contribution is -1.95. The molecule has 0 radical (unpaired) electrons. The fraction of sp³-hybridized carbons (Fsp3) is 0.100. The van der Waals surface area contributed by atoms with E-state index in [1.54, 1.807) is 19.5 Å². The number of rotatable bonds is 4. The summed E-state index contributed by atoms with van der Waals surface area (Å²) in [5.41, 5.74) is 4.52. The zero-order chi connectivity index (χ0) is 17.9. The normalized spacial score (nSPS) is 10.7. The predicted molar refractivity (Wildman–Crippen MR) is 97.5 cm³/mol. The van der Waals surface area contributed by atoms with E-state index >= 15 is 0 Å². The third kappa shape index (κ3) is 3.04. The lowest BCUT2D eigenvalue weighted by molar-refractivity contribution is 0.398. The number of aryl methyl sites for hydroxylation is 1. The molecule has 0 fully saturated rings. The second-order valence-corrected chi connectivity index (χ2v) is 5.78. The minimum Gasteiger partial charge on any atom is -0.480 e. The van der Waals surface area contributed by atoms with Crippen LogP contribution in [-0.4, -0.2) is 27.2 Å². The summed E-state index contributed by atoms with van der Waals surface area (Å²) in [6, 6.07) is 15.6. The minimum atomic E-state index is 0.423. The van der Waals surface area contributed by atoms with Crippen LogP contribution in [0.4, 0.5) is 0 Å². The lowest BCUT2D eigenvalue weighted by Gasteiger charge is -2.07. The topological polar surface area (TPSA) is 73.9 Å². The van der Waals surface area contributed by atoms with Crippen LogP contribution < -0.4 is 4.74 Å². The highest BCUT2D eigenvalue weighted by Crippen LogP contribution is 2.30. The average Bonchev–Trinajstić information content (AvgIpc) is 3.19. The molecule has 6 heteroatoms. The fourth-order valence-electron chi connectivity index (χ4n) is 2.60. The molecule has 0 aliphatic carbocycles. The molecule has 3 heterocycles. The van der Waals surface area contributed by atoms with Crippen LogP contribution in [-0.2, 0) is 0 Å². The number of hydrogen-bond donors (Lipinski definition) is 0. The molecule has 0 spiro atoms. The van der Waals surface area contributed by atoms with Gasteiger partial charge >= 0.3 is 0 Å². The molecule has 4 rings (SSSR count). The van der Waals surface area contributed by atoms with Gasteiger partial charge in [0.2, 0.25) is 11.7 Å². The second-order valence-electron chi connectivity index (χ2n) is 5.78. The van der Waals surface area contributed by atoms with Crippen molar-refractivity contribution < 1.29 is 9.26 Å². The van der Waals surface area contributed by atoms with Crippen molar-refractivity contribution in [2.24, 2.45) is 0 Å². The molecule has 0 atom stereocenters. The maximum absolute atomic E-state index is 5.46. The van der Waals surface area contributed by atoms with E-state index in [1.165, 1.54) is 5.56 Å².